The van der Waals surface area contributed by atoms with Gasteiger partial charge in [-0.1, -0.05) is 0 Å². The van der Waals surface area contributed by atoms with Gasteiger partial charge in [-0.3, -0.25) is 4.90 Å². The molecule has 1 atom stereocenters. The highest BCUT2D eigenvalue weighted by atomic mass is 19.1. The lowest BCUT2D eigenvalue weighted by atomic mass is 9.94. The summed E-state index contributed by atoms with van der Waals surface area (Å²) in [5, 5.41) is 3.31. The topological polar surface area (TPSA) is 59.5 Å². The summed E-state index contributed by atoms with van der Waals surface area (Å²) in [5.41, 5.74) is 2.75. The van der Waals surface area contributed by atoms with Crippen molar-refractivity contribution in [3.05, 3.63) is 23.2 Å². The van der Waals surface area contributed by atoms with Crippen LogP contribution >= 0.6 is 0 Å². The van der Waals surface area contributed by atoms with E-state index >= 15 is 0 Å². The first kappa shape index (κ1) is 15.8. The number of nitrogens with one attached hydrogen (secondary N) is 1. The average Bonchev–Trinajstić information content (AvgIpc) is 3.16. The van der Waals surface area contributed by atoms with Crippen LogP contribution in [0.15, 0.2) is 11.9 Å². The molecule has 6 nitrogen and oxygen atoms in total. The molecule has 3 aliphatic heterocycles. The maximum Gasteiger partial charge on any atom is 0.320 e. The Morgan fingerprint density at radius 2 is 2.33 bits per heavy atom. The third-order valence-corrected chi connectivity index (χ3v) is 5.39. The minimum absolute atomic E-state index is 0.108. The highest BCUT2D eigenvalue weighted by Gasteiger charge is 2.47. The van der Waals surface area contributed by atoms with E-state index in [1.807, 2.05) is 0 Å². The van der Waals surface area contributed by atoms with E-state index < -0.39 is 0 Å². The van der Waals surface area contributed by atoms with Gasteiger partial charge < -0.3 is 14.8 Å². The number of aromatic nitrogens is 2. The summed E-state index contributed by atoms with van der Waals surface area (Å²) >= 11 is 0. The first-order chi connectivity index (χ1) is 11.7. The largest absolute Gasteiger partial charge is 0.481 e. The Hall–Kier alpha value is -1.73. The van der Waals surface area contributed by atoms with Crippen LogP contribution < -0.4 is 14.8 Å². The number of rotatable bonds is 4. The number of halogens is 1. The molecule has 24 heavy (non-hydrogen) atoms. The summed E-state index contributed by atoms with van der Waals surface area (Å²) in [6, 6.07) is 0.355. The van der Waals surface area contributed by atoms with Crippen molar-refractivity contribution in [1.82, 2.24) is 20.2 Å². The molecular formula is C17H23FN4O2. The van der Waals surface area contributed by atoms with Crippen molar-refractivity contribution in [3.8, 4) is 11.9 Å². The second kappa shape index (κ2) is 6.29. The Labute approximate surface area is 141 Å². The second-order valence-corrected chi connectivity index (χ2v) is 6.85. The average molecular weight is 334 g/mol. The van der Waals surface area contributed by atoms with Crippen LogP contribution in [-0.2, 0) is 13.0 Å². The van der Waals surface area contributed by atoms with Gasteiger partial charge in [0.1, 0.15) is 6.61 Å². The SMILES string of the molecule is COc1nc(OCC23CCCN2CC(=CF)C3)nc2c1CCNC2. The first-order valence-corrected chi connectivity index (χ1v) is 8.54. The molecule has 0 aliphatic carbocycles. The van der Waals surface area contributed by atoms with Gasteiger partial charge in [0, 0.05) is 18.7 Å². The summed E-state index contributed by atoms with van der Waals surface area (Å²) in [6.45, 7) is 3.80. The van der Waals surface area contributed by atoms with E-state index in [2.05, 4.69) is 20.2 Å². The maximum absolute atomic E-state index is 12.9. The van der Waals surface area contributed by atoms with Gasteiger partial charge in [0.25, 0.3) is 0 Å². The van der Waals surface area contributed by atoms with Crippen LogP contribution in [0.2, 0.25) is 0 Å². The molecule has 2 fully saturated rings. The normalized spacial score (nSPS) is 28.0. The molecule has 0 spiro atoms. The molecule has 2 saturated heterocycles. The van der Waals surface area contributed by atoms with Crippen LogP contribution in [0.1, 0.15) is 30.5 Å². The van der Waals surface area contributed by atoms with E-state index in [1.165, 1.54) is 0 Å². The molecule has 0 bridgehead atoms. The van der Waals surface area contributed by atoms with E-state index in [4.69, 9.17) is 9.47 Å². The zero-order chi connectivity index (χ0) is 16.6. The first-order valence-electron chi connectivity index (χ1n) is 8.54. The van der Waals surface area contributed by atoms with Gasteiger partial charge in [0.05, 0.1) is 24.7 Å². The van der Waals surface area contributed by atoms with Crippen LogP contribution in [0.4, 0.5) is 4.39 Å². The molecule has 0 radical (unpaired) electrons. The maximum atomic E-state index is 12.9. The zero-order valence-corrected chi connectivity index (χ0v) is 14.0. The molecule has 1 N–H and O–H groups in total. The lowest BCUT2D eigenvalue weighted by Gasteiger charge is -2.31. The van der Waals surface area contributed by atoms with Gasteiger partial charge in [0.2, 0.25) is 5.88 Å². The van der Waals surface area contributed by atoms with Gasteiger partial charge >= 0.3 is 6.01 Å². The standard InChI is InChI=1S/C17H23FN4O2/c1-23-15-13-3-5-19-9-14(13)20-16(21-15)24-11-17-4-2-6-22(17)10-12(7-17)8-18/h8,19H,2-7,9-11H2,1H3. The Bertz CT molecular complexity index is 649. The molecule has 1 unspecified atom stereocenters. The third-order valence-electron chi connectivity index (χ3n) is 5.39. The Morgan fingerprint density at radius 3 is 3.17 bits per heavy atom. The van der Waals surface area contributed by atoms with Gasteiger partial charge in [-0.15, -0.1) is 0 Å². The van der Waals surface area contributed by atoms with Crippen molar-refractivity contribution in [2.45, 2.75) is 37.8 Å². The predicted octanol–water partition coefficient (Wildman–Crippen LogP) is 1.60. The summed E-state index contributed by atoms with van der Waals surface area (Å²) in [5.74, 6) is 0.605. The van der Waals surface area contributed by atoms with Crippen molar-refractivity contribution in [2.75, 3.05) is 33.4 Å². The smallest absolute Gasteiger partial charge is 0.320 e. The van der Waals surface area contributed by atoms with Gasteiger partial charge in [-0.2, -0.15) is 9.97 Å². The van der Waals surface area contributed by atoms with E-state index in [0.29, 0.717) is 31.6 Å². The molecule has 0 saturated carbocycles. The Morgan fingerprint density at radius 1 is 1.42 bits per heavy atom. The van der Waals surface area contributed by atoms with Crippen LogP contribution in [0.25, 0.3) is 0 Å². The summed E-state index contributed by atoms with van der Waals surface area (Å²) < 4.78 is 24.3. The van der Waals surface area contributed by atoms with E-state index in [9.17, 15) is 4.39 Å². The van der Waals surface area contributed by atoms with E-state index in [-0.39, 0.29) is 5.54 Å². The highest BCUT2D eigenvalue weighted by molar-refractivity contribution is 5.34. The van der Waals surface area contributed by atoms with Crippen LogP contribution in [0, 0.1) is 0 Å². The number of hydrogen-bond donors (Lipinski definition) is 1. The van der Waals surface area contributed by atoms with E-state index in [1.54, 1.807) is 7.11 Å². The van der Waals surface area contributed by atoms with Crippen molar-refractivity contribution in [2.24, 2.45) is 0 Å². The van der Waals surface area contributed by atoms with Gasteiger partial charge in [0.15, 0.2) is 0 Å². The lowest BCUT2D eigenvalue weighted by Crippen LogP contribution is -2.43. The fourth-order valence-corrected chi connectivity index (χ4v) is 4.19. The predicted molar refractivity (Wildman–Crippen MR) is 86.8 cm³/mol. The quantitative estimate of drug-likeness (QED) is 0.903. The molecule has 3 aliphatic rings. The van der Waals surface area contributed by atoms with Crippen LogP contribution in [0.5, 0.6) is 11.9 Å². The molecule has 7 heteroatoms. The van der Waals surface area contributed by atoms with Gasteiger partial charge in [-0.25, -0.2) is 4.39 Å². The molecule has 0 aromatic carbocycles. The number of ether oxygens (including phenoxy) is 2. The summed E-state index contributed by atoms with van der Waals surface area (Å²) in [6.07, 6.45) is 4.49. The van der Waals surface area contributed by atoms with Crippen molar-refractivity contribution >= 4 is 0 Å². The van der Waals surface area contributed by atoms with Crippen molar-refractivity contribution in [3.63, 3.8) is 0 Å². The number of hydrogen-bond acceptors (Lipinski definition) is 6. The molecule has 4 rings (SSSR count). The summed E-state index contributed by atoms with van der Waals surface area (Å²) in [7, 11) is 1.63. The van der Waals surface area contributed by atoms with Crippen LogP contribution in [-0.4, -0.2) is 53.8 Å². The molecule has 130 valence electrons. The third kappa shape index (κ3) is 2.65. The summed E-state index contributed by atoms with van der Waals surface area (Å²) in [4.78, 5) is 11.3. The van der Waals surface area contributed by atoms with Crippen LogP contribution in [0.3, 0.4) is 0 Å². The molecule has 1 aromatic heterocycles. The van der Waals surface area contributed by atoms with Crippen molar-refractivity contribution in [1.29, 1.82) is 0 Å². The highest BCUT2D eigenvalue weighted by Crippen LogP contribution is 2.41. The molecule has 1 aromatic rings. The minimum Gasteiger partial charge on any atom is -0.481 e. The number of nitrogens with zero attached hydrogens (tertiary/aromatic N) is 3. The fraction of sp³-hybridized carbons (Fsp3) is 0.647. The monoisotopic (exact) mass is 334 g/mol. The van der Waals surface area contributed by atoms with E-state index in [0.717, 1.165) is 61.9 Å². The lowest BCUT2D eigenvalue weighted by molar-refractivity contribution is 0.106. The fourth-order valence-electron chi connectivity index (χ4n) is 4.19. The van der Waals surface area contributed by atoms with Crippen molar-refractivity contribution < 1.29 is 13.9 Å². The molecular weight excluding hydrogens is 311 g/mol. The molecule has 0 amide bonds. The molecule has 4 heterocycles. The minimum atomic E-state index is -0.108. The second-order valence-electron chi connectivity index (χ2n) is 6.85. The van der Waals surface area contributed by atoms with Gasteiger partial charge in [-0.05, 0) is 44.3 Å². The Balaban J connectivity index is 1.53. The number of fused-ring (bicyclic) bond motifs is 2. The zero-order valence-electron chi connectivity index (χ0n) is 14.0. The Kier molecular flexibility index (Phi) is 4.14. The number of methoxy groups -OCH3 is 1.